The molecule has 1 fully saturated rings. The van der Waals surface area contributed by atoms with Crippen LogP contribution >= 0.6 is 11.6 Å². The lowest BCUT2D eigenvalue weighted by Crippen LogP contribution is -2.35. The first-order valence-corrected chi connectivity index (χ1v) is 11.1. The summed E-state index contributed by atoms with van der Waals surface area (Å²) >= 11 is 6.12. The minimum Gasteiger partial charge on any atom is -0.382 e. The normalized spacial score (nSPS) is 19.2. The van der Waals surface area contributed by atoms with Gasteiger partial charge in [0.2, 0.25) is 5.95 Å². The number of anilines is 2. The Bertz CT molecular complexity index is 1320. The first-order valence-electron chi connectivity index (χ1n) is 10.7. The predicted octanol–water partition coefficient (Wildman–Crippen LogP) is 6.02. The monoisotopic (exact) mass is 474 g/mol. The number of imidazole rings is 1. The maximum absolute atomic E-state index is 13.4. The second-order valence-electron chi connectivity index (χ2n) is 8.42. The van der Waals surface area contributed by atoms with E-state index in [1.165, 1.54) is 6.07 Å². The smallest absolute Gasteiger partial charge is 0.382 e. The van der Waals surface area contributed by atoms with Gasteiger partial charge in [0, 0.05) is 41.4 Å². The summed E-state index contributed by atoms with van der Waals surface area (Å²) in [4.78, 5) is 12.5. The number of rotatable bonds is 4. The first kappa shape index (κ1) is 21.8. The summed E-state index contributed by atoms with van der Waals surface area (Å²) in [5, 5.41) is 7.88. The third-order valence-corrected chi connectivity index (χ3v) is 6.35. The van der Waals surface area contributed by atoms with Gasteiger partial charge in [-0.1, -0.05) is 11.6 Å². The molecule has 1 aliphatic rings. The van der Waals surface area contributed by atoms with Crippen LogP contribution in [-0.4, -0.2) is 31.6 Å². The Labute approximate surface area is 193 Å². The number of hydrogen-bond acceptors (Lipinski definition) is 5. The van der Waals surface area contributed by atoms with E-state index in [2.05, 4.69) is 25.6 Å². The van der Waals surface area contributed by atoms with E-state index < -0.39 is 11.9 Å². The fraction of sp³-hybridized carbons (Fsp3) is 0.348. The number of alkyl halides is 3. The fourth-order valence-electron chi connectivity index (χ4n) is 4.50. The lowest BCUT2D eigenvalue weighted by atomic mass is 9.90. The molecule has 0 unspecified atom stereocenters. The lowest BCUT2D eigenvalue weighted by molar-refractivity contribution is -0.140. The van der Waals surface area contributed by atoms with Crippen molar-refractivity contribution in [2.75, 3.05) is 10.6 Å². The largest absolute Gasteiger partial charge is 0.433 e. The molecular formula is C23H22ClF3N6. The van der Waals surface area contributed by atoms with Gasteiger partial charge in [0.05, 0.1) is 17.2 Å². The van der Waals surface area contributed by atoms with Crippen LogP contribution in [-0.2, 0) is 13.2 Å². The minimum absolute atomic E-state index is 0.00161. The van der Waals surface area contributed by atoms with Gasteiger partial charge in [-0.05, 0) is 56.0 Å². The van der Waals surface area contributed by atoms with Gasteiger partial charge in [0.15, 0.2) is 0 Å². The van der Waals surface area contributed by atoms with Crippen LogP contribution in [0.4, 0.5) is 24.8 Å². The van der Waals surface area contributed by atoms with Crippen LogP contribution < -0.4 is 10.6 Å². The topological polar surface area (TPSA) is 67.7 Å². The van der Waals surface area contributed by atoms with E-state index in [0.29, 0.717) is 16.1 Å². The molecule has 1 aromatic carbocycles. The Morgan fingerprint density at radius 1 is 1.03 bits per heavy atom. The molecule has 5 rings (SSSR count). The van der Waals surface area contributed by atoms with Crippen molar-refractivity contribution < 1.29 is 13.2 Å². The van der Waals surface area contributed by atoms with E-state index >= 15 is 0 Å². The van der Waals surface area contributed by atoms with Gasteiger partial charge < -0.3 is 15.2 Å². The van der Waals surface area contributed by atoms with Crippen molar-refractivity contribution >= 4 is 45.2 Å². The van der Waals surface area contributed by atoms with Crippen LogP contribution in [0.15, 0.2) is 42.7 Å². The molecule has 172 valence electrons. The fourth-order valence-corrected chi connectivity index (χ4v) is 4.67. The highest BCUT2D eigenvalue weighted by Gasteiger charge is 2.34. The molecule has 2 N–H and O–H groups in total. The number of aryl methyl sites for hydroxylation is 1. The number of nitrogens with zero attached hydrogens (tertiary/aromatic N) is 4. The molecule has 1 saturated carbocycles. The molecule has 0 radical (unpaired) electrons. The zero-order chi connectivity index (χ0) is 23.2. The second-order valence-corrected chi connectivity index (χ2v) is 8.86. The predicted molar refractivity (Wildman–Crippen MR) is 124 cm³/mol. The number of hydrogen-bond donors (Lipinski definition) is 2. The van der Waals surface area contributed by atoms with E-state index in [1.807, 2.05) is 17.7 Å². The van der Waals surface area contributed by atoms with Gasteiger partial charge in [0.1, 0.15) is 11.2 Å². The molecular weight excluding hydrogens is 453 g/mol. The van der Waals surface area contributed by atoms with Crippen molar-refractivity contribution in [1.29, 1.82) is 0 Å². The summed E-state index contributed by atoms with van der Waals surface area (Å²) in [5.74, 6) is 0.754. The van der Waals surface area contributed by atoms with Gasteiger partial charge in [-0.25, -0.2) is 9.97 Å². The third kappa shape index (κ3) is 4.42. The quantitative estimate of drug-likeness (QED) is 0.378. The minimum atomic E-state index is -4.53. The molecule has 3 heterocycles. The van der Waals surface area contributed by atoms with E-state index in [4.69, 9.17) is 11.6 Å². The van der Waals surface area contributed by atoms with Crippen molar-refractivity contribution in [1.82, 2.24) is 19.5 Å². The van der Waals surface area contributed by atoms with Crippen molar-refractivity contribution in [3.05, 3.63) is 53.4 Å². The Kier molecular flexibility index (Phi) is 5.52. The summed E-state index contributed by atoms with van der Waals surface area (Å²) < 4.78 is 42.3. The zero-order valence-corrected chi connectivity index (χ0v) is 18.6. The lowest BCUT2D eigenvalue weighted by Gasteiger charge is -2.31. The number of aromatic nitrogens is 4. The highest BCUT2D eigenvalue weighted by atomic mass is 35.5. The summed E-state index contributed by atoms with van der Waals surface area (Å²) in [6, 6.07) is 7.85. The molecule has 6 nitrogen and oxygen atoms in total. The van der Waals surface area contributed by atoms with Crippen molar-refractivity contribution in [3.8, 4) is 0 Å². The van der Waals surface area contributed by atoms with Gasteiger partial charge in [-0.3, -0.25) is 4.98 Å². The van der Waals surface area contributed by atoms with E-state index in [-0.39, 0.29) is 17.6 Å². The van der Waals surface area contributed by atoms with E-state index in [9.17, 15) is 13.2 Å². The van der Waals surface area contributed by atoms with E-state index in [0.717, 1.165) is 48.7 Å². The van der Waals surface area contributed by atoms with Crippen molar-refractivity contribution in [3.63, 3.8) is 0 Å². The number of benzene rings is 1. The van der Waals surface area contributed by atoms with Crippen LogP contribution in [0.3, 0.4) is 0 Å². The standard InChI is InChI=1S/C23H22ClF3N6/c1-33-20-7-8-28-12-19(20)32-22(33)30-15-4-2-3-14(10-15)29-18-11-21(23(25,26)27)31-17-6-5-13(24)9-16(17)18/h5-9,11-12,14-15H,2-4,10H2,1H3,(H,29,31)(H,30,32)/t14-,15+/m0/s1. The van der Waals surface area contributed by atoms with Crippen LogP contribution in [0, 0.1) is 0 Å². The summed E-state index contributed by atoms with van der Waals surface area (Å²) in [5.41, 5.74) is 1.54. The molecule has 0 amide bonds. The molecule has 10 heteroatoms. The molecule has 33 heavy (non-hydrogen) atoms. The highest BCUT2D eigenvalue weighted by molar-refractivity contribution is 6.31. The number of fused-ring (bicyclic) bond motifs is 2. The number of halogens is 4. The molecule has 3 aromatic heterocycles. The Morgan fingerprint density at radius 2 is 1.82 bits per heavy atom. The average Bonchev–Trinajstić information content (AvgIpc) is 3.09. The van der Waals surface area contributed by atoms with Crippen molar-refractivity contribution in [2.45, 2.75) is 43.9 Å². The van der Waals surface area contributed by atoms with Crippen molar-refractivity contribution in [2.24, 2.45) is 7.05 Å². The maximum atomic E-state index is 13.4. The summed E-state index contributed by atoms with van der Waals surface area (Å²) in [6.07, 6.45) is 2.42. The number of pyridine rings is 2. The SMILES string of the molecule is Cn1c(N[C@@H]2CCC[C@H](Nc3cc(C(F)(F)F)nc4ccc(Cl)cc34)C2)nc2cnccc21. The molecule has 1 aliphatic carbocycles. The van der Waals surface area contributed by atoms with E-state index in [1.54, 1.807) is 24.5 Å². The Hall–Kier alpha value is -3.07. The van der Waals surface area contributed by atoms with Crippen LogP contribution in [0.5, 0.6) is 0 Å². The van der Waals surface area contributed by atoms with Gasteiger partial charge >= 0.3 is 6.18 Å². The molecule has 0 aliphatic heterocycles. The Morgan fingerprint density at radius 3 is 2.58 bits per heavy atom. The van der Waals surface area contributed by atoms with Gasteiger partial charge in [-0.15, -0.1) is 0 Å². The van der Waals surface area contributed by atoms with Crippen LogP contribution in [0.25, 0.3) is 21.9 Å². The number of nitrogens with one attached hydrogen (secondary N) is 2. The first-order chi connectivity index (χ1) is 15.8. The molecule has 0 saturated heterocycles. The summed E-state index contributed by atoms with van der Waals surface area (Å²) in [7, 11) is 1.95. The van der Waals surface area contributed by atoms with Crippen LogP contribution in [0.2, 0.25) is 5.02 Å². The van der Waals surface area contributed by atoms with Crippen LogP contribution in [0.1, 0.15) is 31.4 Å². The zero-order valence-electron chi connectivity index (χ0n) is 17.8. The molecule has 0 bridgehead atoms. The highest BCUT2D eigenvalue weighted by Crippen LogP contribution is 2.35. The van der Waals surface area contributed by atoms with Gasteiger partial charge in [0.25, 0.3) is 0 Å². The molecule has 0 spiro atoms. The average molecular weight is 475 g/mol. The van der Waals surface area contributed by atoms with Gasteiger partial charge in [-0.2, -0.15) is 13.2 Å². The maximum Gasteiger partial charge on any atom is 0.433 e. The third-order valence-electron chi connectivity index (χ3n) is 6.11. The Balaban J connectivity index is 1.39. The molecule has 4 aromatic rings. The summed E-state index contributed by atoms with van der Waals surface area (Å²) in [6.45, 7) is 0. The second kappa shape index (κ2) is 8.37. The molecule has 2 atom stereocenters.